The van der Waals surface area contributed by atoms with Crippen molar-refractivity contribution in [2.75, 3.05) is 25.7 Å². The Morgan fingerprint density at radius 3 is 2.50 bits per heavy atom. The molecule has 0 N–H and O–H groups in total. The topological polar surface area (TPSA) is 0 Å². The Bertz CT molecular complexity index is 275. The number of hydrogen-bond acceptors (Lipinski definition) is 2. The van der Waals surface area contributed by atoms with Gasteiger partial charge in [0.1, 0.15) is 0 Å². The van der Waals surface area contributed by atoms with E-state index in [0.29, 0.717) is 0 Å². The molecule has 2 aliphatic rings. The van der Waals surface area contributed by atoms with Crippen molar-refractivity contribution in [2.45, 2.75) is 37.0 Å². The number of rotatable bonds is 1. The average molecular weight is 267 g/mol. The first-order chi connectivity index (χ1) is 6.43. The van der Waals surface area contributed by atoms with Crippen molar-refractivity contribution in [1.82, 2.24) is 0 Å². The molecule has 2 saturated heterocycles. The Labute approximate surface area is 99.1 Å². The molecule has 82 valence electrons. The highest BCUT2D eigenvalue weighted by atomic mass is 32.7. The first kappa shape index (κ1) is 11.9. The van der Waals surface area contributed by atoms with E-state index >= 15 is 0 Å². The number of hydrogen-bond donors (Lipinski definition) is 1. The summed E-state index contributed by atoms with van der Waals surface area (Å²) in [6, 6.07) is -0.970. The van der Waals surface area contributed by atoms with Gasteiger partial charge in [-0.05, 0) is 44.5 Å². The van der Waals surface area contributed by atoms with Crippen molar-refractivity contribution in [3.8, 4) is 0 Å². The zero-order valence-electron chi connectivity index (χ0n) is 9.15. The minimum absolute atomic E-state index is 0.877. The lowest BCUT2D eigenvalue weighted by atomic mass is 10.1. The highest BCUT2D eigenvalue weighted by Crippen LogP contribution is 2.75. The van der Waals surface area contributed by atoms with Crippen molar-refractivity contribution in [2.24, 2.45) is 0 Å². The van der Waals surface area contributed by atoms with Gasteiger partial charge in [0.05, 0.1) is 25.0 Å². The summed E-state index contributed by atoms with van der Waals surface area (Å²) in [4.78, 5) is 0. The van der Waals surface area contributed by atoms with Crippen LogP contribution < -0.4 is 0 Å². The fourth-order valence-electron chi connectivity index (χ4n) is 3.24. The van der Waals surface area contributed by atoms with Crippen LogP contribution >= 0.6 is 24.8 Å². The molecule has 0 amide bonds. The van der Waals surface area contributed by atoms with Gasteiger partial charge in [-0.1, -0.05) is 11.8 Å². The van der Waals surface area contributed by atoms with Gasteiger partial charge in [-0.15, -0.1) is 0 Å². The Morgan fingerprint density at radius 2 is 2.07 bits per heavy atom. The summed E-state index contributed by atoms with van der Waals surface area (Å²) in [5.41, 5.74) is 1.85. The Morgan fingerprint density at radius 1 is 1.36 bits per heavy atom. The van der Waals surface area contributed by atoms with Gasteiger partial charge in [-0.25, -0.2) is 0 Å². The lowest BCUT2D eigenvalue weighted by Crippen LogP contribution is -2.21. The van der Waals surface area contributed by atoms with Crippen LogP contribution in [-0.4, -0.2) is 37.0 Å². The van der Waals surface area contributed by atoms with Crippen LogP contribution in [0.3, 0.4) is 0 Å². The van der Waals surface area contributed by atoms with Crippen LogP contribution in [0, 0.1) is 0 Å². The van der Waals surface area contributed by atoms with E-state index in [0.717, 1.165) is 11.3 Å². The molecular formula is C10H21P2S2+. The molecule has 0 aromatic rings. The standard InChI is InChI=1S/C10H21P2S2/c1-11(13)7-3-5-9(11)10-6-4-8-12(10,2)14/h9-10,13H,3-8H2,1-2H3/q+1/t9-,10-,11?,12-/m1/s1. The van der Waals surface area contributed by atoms with Gasteiger partial charge in [0.15, 0.2) is 0 Å². The van der Waals surface area contributed by atoms with Crippen LogP contribution in [0.1, 0.15) is 25.7 Å². The maximum absolute atomic E-state index is 5.86. The van der Waals surface area contributed by atoms with Crippen molar-refractivity contribution in [3.63, 3.8) is 0 Å². The van der Waals surface area contributed by atoms with Gasteiger partial charge in [0.2, 0.25) is 0 Å². The molecule has 1 unspecified atom stereocenters. The Hall–Kier alpha value is 1.43. The van der Waals surface area contributed by atoms with Gasteiger partial charge in [-0.3, -0.25) is 0 Å². The van der Waals surface area contributed by atoms with E-state index in [9.17, 15) is 0 Å². The minimum Gasteiger partial charge on any atom is -0.0973 e. The van der Waals surface area contributed by atoms with E-state index in [1.54, 1.807) is 0 Å². The van der Waals surface area contributed by atoms with Crippen LogP contribution in [0.5, 0.6) is 0 Å². The normalized spacial score (nSPS) is 53.9. The summed E-state index contributed by atoms with van der Waals surface area (Å²) in [6.45, 7) is 3.98. The Balaban J connectivity index is 2.19. The molecule has 2 heterocycles. The summed E-state index contributed by atoms with van der Waals surface area (Å²) in [7, 11) is 0. The largest absolute Gasteiger partial charge is 0.0973 e. The highest BCUT2D eigenvalue weighted by Gasteiger charge is 2.51. The second kappa shape index (κ2) is 4.02. The summed E-state index contributed by atoms with van der Waals surface area (Å²) < 4.78 is 0. The third-order valence-corrected chi connectivity index (χ3v) is 13.7. The van der Waals surface area contributed by atoms with Crippen molar-refractivity contribution in [3.05, 3.63) is 0 Å². The third kappa shape index (κ3) is 2.10. The van der Waals surface area contributed by atoms with Crippen LogP contribution in [0.25, 0.3) is 0 Å². The second-order valence-electron chi connectivity index (χ2n) is 5.25. The Kier molecular flexibility index (Phi) is 3.42. The molecule has 0 aliphatic carbocycles. The van der Waals surface area contributed by atoms with Gasteiger partial charge < -0.3 is 0 Å². The first-order valence-corrected chi connectivity index (χ1v) is 12.7. The molecule has 0 aromatic heterocycles. The summed E-state index contributed by atoms with van der Waals surface area (Å²) in [6.07, 6.45) is 8.47. The first-order valence-electron chi connectivity index (χ1n) is 5.58. The molecule has 0 saturated carbocycles. The summed E-state index contributed by atoms with van der Waals surface area (Å²) in [5.74, 6) is 0. The average Bonchev–Trinajstić information content (AvgIpc) is 2.53. The van der Waals surface area contributed by atoms with Crippen molar-refractivity contribution < 1.29 is 0 Å². The van der Waals surface area contributed by atoms with Gasteiger partial charge >= 0.3 is 0 Å². The van der Waals surface area contributed by atoms with Gasteiger partial charge in [0, 0.05) is 17.9 Å². The van der Waals surface area contributed by atoms with Crippen LogP contribution in [0.2, 0.25) is 0 Å². The fourth-order valence-corrected chi connectivity index (χ4v) is 13.5. The minimum atomic E-state index is -0.970. The van der Waals surface area contributed by atoms with Crippen LogP contribution in [0.4, 0.5) is 0 Å². The summed E-state index contributed by atoms with van der Waals surface area (Å²) in [5, 5.41) is 0. The third-order valence-electron chi connectivity index (χ3n) is 4.07. The quantitative estimate of drug-likeness (QED) is 0.555. The molecule has 4 heteroatoms. The summed E-state index contributed by atoms with van der Waals surface area (Å²) >= 11 is 10.8. The second-order valence-corrected chi connectivity index (χ2v) is 17.5. The lowest BCUT2D eigenvalue weighted by Gasteiger charge is -2.29. The predicted molar refractivity (Wildman–Crippen MR) is 77.8 cm³/mol. The molecule has 0 nitrogen and oxygen atoms in total. The monoisotopic (exact) mass is 267 g/mol. The van der Waals surface area contributed by atoms with E-state index in [4.69, 9.17) is 24.1 Å². The predicted octanol–water partition coefficient (Wildman–Crippen LogP) is 3.91. The van der Waals surface area contributed by atoms with Crippen LogP contribution in [0.15, 0.2) is 0 Å². The molecule has 0 spiro atoms. The molecule has 0 bridgehead atoms. The van der Waals surface area contributed by atoms with Crippen molar-refractivity contribution >= 4 is 36.6 Å². The van der Waals surface area contributed by atoms with E-state index in [2.05, 4.69) is 13.3 Å². The van der Waals surface area contributed by atoms with Gasteiger partial charge in [0.25, 0.3) is 0 Å². The van der Waals surface area contributed by atoms with E-state index in [1.165, 1.54) is 38.0 Å². The van der Waals surface area contributed by atoms with Gasteiger partial charge in [-0.2, -0.15) is 0 Å². The molecule has 0 aromatic carbocycles. The van der Waals surface area contributed by atoms with Crippen LogP contribution in [-0.2, 0) is 11.8 Å². The number of thiol groups is 1. The molecule has 0 radical (unpaired) electrons. The fraction of sp³-hybridized carbons (Fsp3) is 1.00. The molecule has 2 aliphatic heterocycles. The lowest BCUT2D eigenvalue weighted by molar-refractivity contribution is 0.695. The maximum atomic E-state index is 5.86. The zero-order valence-corrected chi connectivity index (χ0v) is 12.6. The molecule has 14 heavy (non-hydrogen) atoms. The highest BCUT2D eigenvalue weighted by molar-refractivity contribution is 8.53. The SMILES string of the molecule is C[P@@]1(=S)CCC[C@@H]1[C@H]1CCC[P+]1(C)S. The van der Waals surface area contributed by atoms with E-state index in [1.807, 2.05) is 0 Å². The molecule has 2 fully saturated rings. The zero-order chi connectivity index (χ0) is 10.4. The smallest absolute Gasteiger partial charge is 0.0871 e. The van der Waals surface area contributed by atoms with E-state index < -0.39 is 12.5 Å². The van der Waals surface area contributed by atoms with E-state index in [-0.39, 0.29) is 0 Å². The molecular weight excluding hydrogens is 246 g/mol. The van der Waals surface area contributed by atoms with Crippen molar-refractivity contribution in [1.29, 1.82) is 0 Å². The molecule has 2 rings (SSSR count). The molecule has 4 atom stereocenters. The maximum Gasteiger partial charge on any atom is 0.0871 e.